The van der Waals surface area contributed by atoms with Gasteiger partial charge in [0.25, 0.3) is 5.88 Å². The second-order valence-electron chi connectivity index (χ2n) is 20.2. The van der Waals surface area contributed by atoms with Crippen molar-refractivity contribution in [3.63, 3.8) is 0 Å². The molecule has 74 heavy (non-hydrogen) atoms. The molecule has 2 aromatic carbocycles. The molecule has 0 saturated carbocycles. The number of fused-ring (bicyclic) bond motifs is 2. The van der Waals surface area contributed by atoms with Crippen LogP contribution in [0.1, 0.15) is 69.0 Å². The number of phenols is 1. The van der Waals surface area contributed by atoms with E-state index in [1.807, 2.05) is 76.4 Å². The van der Waals surface area contributed by atoms with Crippen molar-refractivity contribution in [2.24, 2.45) is 5.92 Å². The zero-order valence-electron chi connectivity index (χ0n) is 42.4. The second kappa shape index (κ2) is 22.0. The van der Waals surface area contributed by atoms with E-state index in [4.69, 9.17) is 19.7 Å². The molecule has 6 aromatic rings. The van der Waals surface area contributed by atoms with Crippen LogP contribution in [-0.4, -0.2) is 168 Å². The molecule has 6 atom stereocenters. The number of aromatic hydroxyl groups is 1. The number of likely N-dealkylation sites (tertiary alicyclic amines) is 1. The number of nitrogens with zero attached hydrogens (tertiary/aromatic N) is 12. The summed E-state index contributed by atoms with van der Waals surface area (Å²) in [6.45, 7) is 15.2. The van der Waals surface area contributed by atoms with Crippen molar-refractivity contribution >= 4 is 29.0 Å². The number of hydrogen-bond donors (Lipinski definition) is 4. The van der Waals surface area contributed by atoms with E-state index in [0.717, 1.165) is 87.0 Å². The summed E-state index contributed by atoms with van der Waals surface area (Å²) in [6, 6.07) is 21.9. The van der Waals surface area contributed by atoms with Gasteiger partial charge in [0.2, 0.25) is 17.7 Å². The molecule has 21 nitrogen and oxygen atoms in total. The van der Waals surface area contributed by atoms with Gasteiger partial charge < -0.3 is 50.0 Å². The van der Waals surface area contributed by atoms with Crippen molar-refractivity contribution in [3.8, 4) is 34.5 Å². The molecule has 2 bridgehead atoms. The molecule has 10 rings (SSSR count). The van der Waals surface area contributed by atoms with Gasteiger partial charge >= 0.3 is 0 Å². The van der Waals surface area contributed by atoms with Crippen molar-refractivity contribution < 1.29 is 33.8 Å². The summed E-state index contributed by atoms with van der Waals surface area (Å²) >= 11 is 0. The monoisotopic (exact) mass is 1010 g/mol. The molecule has 0 aliphatic carbocycles. The number of phenolic OH excluding ortho intramolecular Hbond substituents is 1. The highest BCUT2D eigenvalue weighted by Crippen LogP contribution is 2.40. The Labute approximate surface area is 430 Å². The minimum absolute atomic E-state index is 0.0410. The quantitative estimate of drug-likeness (QED) is 0.0942. The molecular formula is C53H66N14O7. The lowest BCUT2D eigenvalue weighted by atomic mass is 9.91. The summed E-state index contributed by atoms with van der Waals surface area (Å²) in [7, 11) is 0. The minimum Gasteiger partial charge on any atom is -0.507 e. The van der Waals surface area contributed by atoms with Crippen molar-refractivity contribution in [2.45, 2.75) is 83.1 Å². The number of carbonyl (C=O) groups is 2. The number of β-amino-alcohol motifs (C(OH)–C–C–N with tert-alkyl or cyclic N) is 1. The highest BCUT2D eigenvalue weighted by atomic mass is 16.5. The third kappa shape index (κ3) is 10.9. The van der Waals surface area contributed by atoms with Gasteiger partial charge in [-0.05, 0) is 79.7 Å². The van der Waals surface area contributed by atoms with Crippen LogP contribution in [0.5, 0.6) is 17.5 Å². The number of benzene rings is 2. The third-order valence-electron chi connectivity index (χ3n) is 14.9. The number of nitrogens with two attached hydrogens (primary N) is 1. The van der Waals surface area contributed by atoms with Gasteiger partial charge in [-0.3, -0.25) is 19.4 Å². The van der Waals surface area contributed by atoms with E-state index in [9.17, 15) is 19.8 Å². The van der Waals surface area contributed by atoms with Gasteiger partial charge in [0, 0.05) is 107 Å². The van der Waals surface area contributed by atoms with Crippen molar-refractivity contribution in [2.75, 3.05) is 87.7 Å². The number of nitrogen functional groups attached to an aromatic ring is 1. The molecule has 0 radical (unpaired) electrons. The molecule has 4 aliphatic heterocycles. The number of para-hydroxylation sites is 1. The lowest BCUT2D eigenvalue weighted by Crippen LogP contribution is -2.54. The lowest BCUT2D eigenvalue weighted by Gasteiger charge is -2.43. The number of aliphatic hydroxyl groups excluding tert-OH is 1. The molecule has 5 N–H and O–H groups in total. The third-order valence-corrected chi connectivity index (χ3v) is 14.9. The Bertz CT molecular complexity index is 2870. The first-order valence-electron chi connectivity index (χ1n) is 25.7. The topological polar surface area (TPSA) is 243 Å². The minimum atomic E-state index is -0.846. The number of aryl methyl sites for hydroxylation is 1. The van der Waals surface area contributed by atoms with E-state index in [1.54, 1.807) is 29.1 Å². The number of nitrogens with one attached hydrogen (secondary N) is 1. The maximum Gasteiger partial charge on any atom is 0.254 e. The van der Waals surface area contributed by atoms with E-state index in [0.29, 0.717) is 54.4 Å². The zero-order valence-corrected chi connectivity index (χ0v) is 42.4. The van der Waals surface area contributed by atoms with Crippen molar-refractivity contribution in [1.82, 2.24) is 55.3 Å². The Kier molecular flexibility index (Phi) is 14.9. The Morgan fingerprint density at radius 2 is 1.57 bits per heavy atom. The average molecular weight is 1010 g/mol. The predicted molar refractivity (Wildman–Crippen MR) is 276 cm³/mol. The van der Waals surface area contributed by atoms with Gasteiger partial charge in [-0.25, -0.2) is 9.67 Å². The Morgan fingerprint density at radius 3 is 2.24 bits per heavy atom. The number of hydrogen-bond acceptors (Lipinski definition) is 18. The lowest BCUT2D eigenvalue weighted by molar-refractivity contribution is -0.141. The predicted octanol–water partition coefficient (Wildman–Crippen LogP) is 4.22. The average Bonchev–Trinajstić information content (AvgIpc) is 4.20. The molecule has 4 fully saturated rings. The van der Waals surface area contributed by atoms with Crippen LogP contribution in [0.15, 0.2) is 89.7 Å². The molecule has 4 saturated heterocycles. The van der Waals surface area contributed by atoms with Crippen molar-refractivity contribution in [3.05, 3.63) is 102 Å². The Morgan fingerprint density at radius 1 is 0.865 bits per heavy atom. The molecule has 2 amide bonds. The highest BCUT2D eigenvalue weighted by molar-refractivity contribution is 5.91. The number of pyridine rings is 1. The van der Waals surface area contributed by atoms with E-state index in [2.05, 4.69) is 67.7 Å². The second-order valence-corrected chi connectivity index (χ2v) is 20.2. The smallest absolute Gasteiger partial charge is 0.254 e. The number of piperazine rings is 2. The van der Waals surface area contributed by atoms with Gasteiger partial charge in [-0.2, -0.15) is 0 Å². The molecule has 21 heteroatoms. The van der Waals surface area contributed by atoms with Crippen LogP contribution in [0.2, 0.25) is 0 Å². The SMILES string of the molecule is Cc1cnnn1-c1ccc([C@H](C)NC(=O)[C@@H]2C[C@@H](O)CN2C(=O)[C@@H](c2cc(OCCN3CCN(CCOc4cc(N5C6CCC5CN(c5cc(-c7ccccc7O)nnc5N)C6)ccn4)CC3)no2)C(C)C)cc1. The summed E-state index contributed by atoms with van der Waals surface area (Å²) in [5, 5.41) is 45.0. The fraction of sp³-hybridized carbons (Fsp3) is 0.472. The largest absolute Gasteiger partial charge is 0.507 e. The summed E-state index contributed by atoms with van der Waals surface area (Å²) in [6.07, 6.45) is 4.94. The Hall–Kier alpha value is -7.36. The first-order valence-corrected chi connectivity index (χ1v) is 25.7. The number of rotatable bonds is 18. The van der Waals surface area contributed by atoms with Crippen LogP contribution >= 0.6 is 0 Å². The summed E-state index contributed by atoms with van der Waals surface area (Å²) < 4.78 is 19.7. The number of aliphatic hydroxyl groups is 1. The number of amides is 2. The van der Waals surface area contributed by atoms with Crippen LogP contribution in [0.25, 0.3) is 16.9 Å². The molecule has 390 valence electrons. The summed E-state index contributed by atoms with van der Waals surface area (Å²) in [4.78, 5) is 43.5. The first-order chi connectivity index (χ1) is 35.9. The molecule has 2 unspecified atom stereocenters. The number of carbonyl (C=O) groups excluding carboxylic acids is 2. The zero-order chi connectivity index (χ0) is 51.5. The molecule has 4 aliphatic rings. The maximum absolute atomic E-state index is 14.2. The maximum atomic E-state index is 14.2. The molecule has 8 heterocycles. The van der Waals surface area contributed by atoms with E-state index < -0.39 is 18.1 Å². The first kappa shape index (κ1) is 50.2. The normalized spacial score (nSPS) is 21.0. The fourth-order valence-corrected chi connectivity index (χ4v) is 11.0. The highest BCUT2D eigenvalue weighted by Gasteiger charge is 2.44. The number of anilines is 3. The van der Waals surface area contributed by atoms with E-state index in [-0.39, 0.29) is 54.6 Å². The number of ether oxygens (including phenoxy) is 2. The van der Waals surface area contributed by atoms with Gasteiger partial charge in [0.1, 0.15) is 30.9 Å². The van der Waals surface area contributed by atoms with Gasteiger partial charge in [0.15, 0.2) is 11.6 Å². The van der Waals surface area contributed by atoms with E-state index >= 15 is 0 Å². The van der Waals surface area contributed by atoms with Crippen LogP contribution in [0, 0.1) is 12.8 Å². The van der Waals surface area contributed by atoms with Crippen LogP contribution in [0.4, 0.5) is 17.2 Å². The van der Waals surface area contributed by atoms with Gasteiger partial charge in [-0.1, -0.05) is 43.3 Å². The fourth-order valence-electron chi connectivity index (χ4n) is 11.0. The van der Waals surface area contributed by atoms with Crippen LogP contribution in [0.3, 0.4) is 0 Å². The molecule has 0 spiro atoms. The molecule has 4 aromatic heterocycles. The van der Waals surface area contributed by atoms with Crippen molar-refractivity contribution in [1.29, 1.82) is 0 Å². The van der Waals surface area contributed by atoms with Crippen LogP contribution in [-0.2, 0) is 9.59 Å². The summed E-state index contributed by atoms with van der Waals surface area (Å²) in [5.41, 5.74) is 12.2. The molecular weight excluding hydrogens is 945 g/mol. The van der Waals surface area contributed by atoms with E-state index in [1.165, 1.54) is 4.90 Å². The number of aromatic nitrogens is 7. The Balaban J connectivity index is 0.655. The van der Waals surface area contributed by atoms with Gasteiger partial charge in [0.05, 0.1) is 41.1 Å². The standard InChI is InChI=1S/C53H66N14O7/c1-33(2)50(53(71)65-32-41(68)26-45(65)52(70)57-35(4)36-9-11-37(12-10-36)67-34(3)29-56-61-67)47-28-49(60-74-47)73-24-22-63-19-17-62(18-20-63)21-23-72-48-25-38(15-16-55-48)66-39-13-14-40(66)31-64(30-39)44-27-43(58-59-51(44)54)42-7-5-6-8-46(42)69/h5-12,15-16,25,27-29,33,35,39-41,45,50,68-69H,13-14,17-24,26,30-32H2,1-4H3,(H2,54,59)(H,57,70)/t35-,39?,40?,41+,45-,50+/m0/s1. The summed E-state index contributed by atoms with van der Waals surface area (Å²) in [5.74, 6) is 0.234. The van der Waals surface area contributed by atoms with Crippen LogP contribution < -0.4 is 30.3 Å². The van der Waals surface area contributed by atoms with Gasteiger partial charge in [-0.15, -0.1) is 15.3 Å².